The highest BCUT2D eigenvalue weighted by molar-refractivity contribution is 9.25. The standard InChI is InChI=1S/C18H26Br2N2O5/c1-16(2,3)27-15(26)21-10-7-12-17(4,18(12,19)20)8-9-5-6-11(14(24)25)22(9)13(10)23/h9-12H,5-8H2,1-4H3,(H,21,26)(H,24,25)/t9-,10+,11+,12?,17?/m1/s1. The fourth-order valence-electron chi connectivity index (χ4n) is 4.60. The quantitative estimate of drug-likeness (QED) is 0.557. The van der Waals surface area contributed by atoms with Crippen molar-refractivity contribution in [3.05, 3.63) is 0 Å². The first kappa shape index (κ1) is 20.9. The Bertz CT molecular complexity index is 677. The van der Waals surface area contributed by atoms with Crippen molar-refractivity contribution in [2.45, 2.75) is 80.3 Å². The Hall–Kier alpha value is -0.830. The van der Waals surface area contributed by atoms with Crippen molar-refractivity contribution in [1.82, 2.24) is 10.2 Å². The number of hydrogen-bond donors (Lipinski definition) is 2. The van der Waals surface area contributed by atoms with E-state index in [1.54, 1.807) is 20.8 Å². The van der Waals surface area contributed by atoms with Gasteiger partial charge in [0.25, 0.3) is 0 Å². The summed E-state index contributed by atoms with van der Waals surface area (Å²) in [5.74, 6) is -1.19. The highest BCUT2D eigenvalue weighted by atomic mass is 79.9. The third-order valence-corrected chi connectivity index (χ3v) is 8.96. The molecule has 7 nitrogen and oxygen atoms in total. The van der Waals surface area contributed by atoms with Crippen LogP contribution in [0.3, 0.4) is 0 Å². The smallest absolute Gasteiger partial charge is 0.408 e. The second-order valence-electron chi connectivity index (χ2n) is 9.06. The zero-order valence-electron chi connectivity index (χ0n) is 15.9. The summed E-state index contributed by atoms with van der Waals surface area (Å²) < 4.78 is 4.99. The van der Waals surface area contributed by atoms with Crippen LogP contribution in [0.2, 0.25) is 0 Å². The van der Waals surface area contributed by atoms with Gasteiger partial charge in [-0.05, 0) is 57.8 Å². The lowest BCUT2D eigenvalue weighted by molar-refractivity contribution is -0.151. The second kappa shape index (κ2) is 6.61. The van der Waals surface area contributed by atoms with E-state index in [0.717, 1.165) is 6.42 Å². The molecule has 2 N–H and O–H groups in total. The van der Waals surface area contributed by atoms with E-state index in [9.17, 15) is 19.5 Å². The Balaban J connectivity index is 1.89. The van der Waals surface area contributed by atoms with E-state index >= 15 is 0 Å². The first-order valence-electron chi connectivity index (χ1n) is 9.20. The van der Waals surface area contributed by atoms with E-state index < -0.39 is 29.7 Å². The number of carboxylic acid groups (broad SMARTS) is 1. The van der Waals surface area contributed by atoms with Crippen molar-refractivity contribution in [2.24, 2.45) is 11.3 Å². The Morgan fingerprint density at radius 3 is 2.48 bits per heavy atom. The first-order chi connectivity index (χ1) is 12.3. The lowest BCUT2D eigenvalue weighted by atomic mass is 9.90. The zero-order chi connectivity index (χ0) is 20.4. The number of hydrogen-bond acceptors (Lipinski definition) is 4. The molecule has 27 heavy (non-hydrogen) atoms. The molecule has 0 aromatic carbocycles. The van der Waals surface area contributed by atoms with Crippen molar-refractivity contribution in [2.75, 3.05) is 0 Å². The van der Waals surface area contributed by atoms with Crippen LogP contribution in [0.4, 0.5) is 4.79 Å². The highest BCUT2D eigenvalue weighted by Gasteiger charge is 2.73. The number of halogens is 2. The molecule has 2 amide bonds. The van der Waals surface area contributed by atoms with Gasteiger partial charge in [0.2, 0.25) is 5.91 Å². The number of carbonyl (C=O) groups is 3. The topological polar surface area (TPSA) is 95.9 Å². The molecule has 2 aliphatic heterocycles. The molecule has 1 aliphatic carbocycles. The number of nitrogens with zero attached hydrogens (tertiary/aromatic N) is 1. The lowest BCUT2D eigenvalue weighted by Crippen LogP contribution is -2.56. The van der Waals surface area contributed by atoms with Gasteiger partial charge in [0.15, 0.2) is 0 Å². The summed E-state index contributed by atoms with van der Waals surface area (Å²) in [6.07, 6.45) is 1.56. The van der Waals surface area contributed by atoms with Gasteiger partial charge in [0.05, 0.1) is 3.23 Å². The normalized spacial score (nSPS) is 37.6. The molecule has 2 heterocycles. The number of carboxylic acids is 1. The van der Waals surface area contributed by atoms with Crippen LogP contribution in [0.5, 0.6) is 0 Å². The summed E-state index contributed by atoms with van der Waals surface area (Å²) in [7, 11) is 0. The van der Waals surface area contributed by atoms with Gasteiger partial charge in [-0.1, -0.05) is 38.8 Å². The fraction of sp³-hybridized carbons (Fsp3) is 0.833. The van der Waals surface area contributed by atoms with Crippen molar-refractivity contribution in [1.29, 1.82) is 0 Å². The van der Waals surface area contributed by atoms with Gasteiger partial charge in [0, 0.05) is 6.04 Å². The average molecular weight is 510 g/mol. The van der Waals surface area contributed by atoms with E-state index in [4.69, 9.17) is 4.74 Å². The highest BCUT2D eigenvalue weighted by Crippen LogP contribution is 2.75. The second-order valence-corrected chi connectivity index (χ2v) is 12.6. The predicted octanol–water partition coefficient (Wildman–Crippen LogP) is 3.24. The van der Waals surface area contributed by atoms with Gasteiger partial charge in [-0.3, -0.25) is 4.79 Å². The van der Waals surface area contributed by atoms with Gasteiger partial charge in [-0.25, -0.2) is 9.59 Å². The number of carbonyl (C=O) groups excluding carboxylic acids is 2. The summed E-state index contributed by atoms with van der Waals surface area (Å²) in [5, 5.41) is 12.3. The molecule has 3 aliphatic rings. The van der Waals surface area contributed by atoms with Crippen molar-refractivity contribution in [3.8, 4) is 0 Å². The van der Waals surface area contributed by atoms with Crippen LogP contribution < -0.4 is 5.32 Å². The van der Waals surface area contributed by atoms with Crippen molar-refractivity contribution in [3.63, 3.8) is 0 Å². The lowest BCUT2D eigenvalue weighted by Gasteiger charge is -2.36. The van der Waals surface area contributed by atoms with Crippen LogP contribution in [0.1, 0.15) is 53.4 Å². The molecule has 1 saturated carbocycles. The minimum absolute atomic E-state index is 0.127. The summed E-state index contributed by atoms with van der Waals surface area (Å²) >= 11 is 7.47. The summed E-state index contributed by atoms with van der Waals surface area (Å²) in [6, 6.07) is -1.81. The largest absolute Gasteiger partial charge is 0.480 e. The molecule has 3 rings (SSSR count). The monoisotopic (exact) mass is 508 g/mol. The number of alkyl halides is 2. The summed E-state index contributed by atoms with van der Waals surface area (Å²) in [5.41, 5.74) is -0.810. The maximum Gasteiger partial charge on any atom is 0.408 e. The number of amides is 2. The van der Waals surface area contributed by atoms with Crippen LogP contribution in [-0.2, 0) is 14.3 Å². The third-order valence-electron chi connectivity index (χ3n) is 6.05. The molecule has 0 aromatic heterocycles. The van der Waals surface area contributed by atoms with Gasteiger partial charge in [0.1, 0.15) is 17.7 Å². The SMILES string of the molecule is CC(C)(C)OC(=O)N[C@H]1CC2C(Br)(Br)C2(C)C[C@H]2CC[C@@H](C(=O)O)N2C1=O. The van der Waals surface area contributed by atoms with E-state index in [2.05, 4.69) is 44.1 Å². The molecule has 3 fully saturated rings. The van der Waals surface area contributed by atoms with Gasteiger partial charge >= 0.3 is 12.1 Å². The van der Waals surface area contributed by atoms with Crippen LogP contribution in [0.15, 0.2) is 0 Å². The summed E-state index contributed by atoms with van der Waals surface area (Å²) in [4.78, 5) is 38.7. The van der Waals surface area contributed by atoms with Crippen LogP contribution in [-0.4, -0.2) is 54.9 Å². The number of fused-ring (bicyclic) bond motifs is 2. The molecule has 5 atom stereocenters. The van der Waals surface area contributed by atoms with E-state index in [1.807, 2.05) is 0 Å². The minimum Gasteiger partial charge on any atom is -0.480 e. The Morgan fingerprint density at radius 2 is 1.93 bits per heavy atom. The van der Waals surface area contributed by atoms with Crippen LogP contribution in [0, 0.1) is 11.3 Å². The van der Waals surface area contributed by atoms with E-state index in [0.29, 0.717) is 19.3 Å². The van der Waals surface area contributed by atoms with Gasteiger partial charge < -0.3 is 20.1 Å². The first-order valence-corrected chi connectivity index (χ1v) is 10.8. The maximum atomic E-state index is 13.2. The number of nitrogens with one attached hydrogen (secondary N) is 1. The van der Waals surface area contributed by atoms with Crippen LogP contribution >= 0.6 is 31.9 Å². The molecule has 2 saturated heterocycles. The van der Waals surface area contributed by atoms with Gasteiger partial charge in [-0.15, -0.1) is 0 Å². The number of aliphatic carboxylic acids is 1. The molecular weight excluding hydrogens is 484 g/mol. The minimum atomic E-state index is -0.996. The van der Waals surface area contributed by atoms with E-state index in [1.165, 1.54) is 4.90 Å². The molecule has 0 spiro atoms. The molecular formula is C18H26Br2N2O5. The Morgan fingerprint density at radius 1 is 1.30 bits per heavy atom. The summed E-state index contributed by atoms with van der Waals surface area (Å²) in [6.45, 7) is 7.39. The molecule has 0 bridgehead atoms. The maximum absolute atomic E-state index is 13.2. The van der Waals surface area contributed by atoms with Crippen molar-refractivity contribution >= 4 is 49.8 Å². The molecule has 9 heteroatoms. The fourth-order valence-corrected chi connectivity index (χ4v) is 6.63. The van der Waals surface area contributed by atoms with Crippen LogP contribution in [0.25, 0.3) is 0 Å². The molecule has 0 radical (unpaired) electrons. The number of ether oxygens (including phenoxy) is 1. The number of rotatable bonds is 2. The molecule has 0 aromatic rings. The van der Waals surface area contributed by atoms with E-state index in [-0.39, 0.29) is 26.5 Å². The van der Waals surface area contributed by atoms with Crippen molar-refractivity contribution < 1.29 is 24.2 Å². The Kier molecular flexibility index (Phi) is 5.11. The number of alkyl carbamates (subject to hydrolysis) is 1. The molecule has 152 valence electrons. The van der Waals surface area contributed by atoms with Gasteiger partial charge in [-0.2, -0.15) is 0 Å². The third kappa shape index (κ3) is 3.61. The average Bonchev–Trinajstić information content (AvgIpc) is 2.82. The predicted molar refractivity (Wildman–Crippen MR) is 106 cm³/mol. The zero-order valence-corrected chi connectivity index (χ0v) is 19.1. The molecule has 2 unspecified atom stereocenters. The Labute approximate surface area is 175 Å².